The van der Waals surface area contributed by atoms with Crippen LogP contribution in [0.25, 0.3) is 76.5 Å². The first kappa shape index (κ1) is 32.5. The summed E-state index contributed by atoms with van der Waals surface area (Å²) in [5.41, 5.74) is 13.4. The second kappa shape index (κ2) is 12.5. The van der Waals surface area contributed by atoms with E-state index in [0.29, 0.717) is 0 Å². The fourth-order valence-electron chi connectivity index (χ4n) is 9.38. The molecule has 1 aliphatic carbocycles. The molecule has 1 nitrogen and oxygen atoms in total. The van der Waals surface area contributed by atoms with Gasteiger partial charge in [0.05, 0.1) is 11.4 Å². The van der Waals surface area contributed by atoms with Crippen molar-refractivity contribution in [2.45, 2.75) is 19.3 Å². The van der Waals surface area contributed by atoms with Crippen LogP contribution in [-0.2, 0) is 5.41 Å². The molecule has 56 heavy (non-hydrogen) atoms. The lowest BCUT2D eigenvalue weighted by atomic mass is 9.67. The summed E-state index contributed by atoms with van der Waals surface area (Å²) in [4.78, 5) is 2.52. The maximum Gasteiger partial charge on any atom is 0.0546 e. The third-order valence-corrected chi connectivity index (χ3v) is 12.2. The van der Waals surface area contributed by atoms with E-state index in [-0.39, 0.29) is 5.41 Å². The van der Waals surface area contributed by atoms with Crippen molar-refractivity contribution >= 4 is 60.2 Å². The number of benzene rings is 10. The third kappa shape index (κ3) is 5.01. The standard InChI is InChI=1S/C55H39N/c1-55(2)49-22-12-18-39-28-32-51(54(53(39)49)48-31-27-42(34-50(48)55)41-24-23-37-15-6-7-16-40(37)33-41)56(44-29-25-38(26-30-44)36-13-4-3-5-14-36)52-35-43-17-8-9-19-45(43)46-20-10-11-21-47(46)52/h3-35H,1-2H3. The Bertz CT molecular complexity index is 3150. The highest BCUT2D eigenvalue weighted by Crippen LogP contribution is 2.55. The van der Waals surface area contributed by atoms with Crippen molar-refractivity contribution in [1.29, 1.82) is 0 Å². The fourth-order valence-corrected chi connectivity index (χ4v) is 9.38. The topological polar surface area (TPSA) is 3.24 Å². The molecule has 1 heteroatoms. The van der Waals surface area contributed by atoms with E-state index in [0.717, 1.165) is 5.69 Å². The molecule has 0 heterocycles. The normalized spacial score (nSPS) is 13.0. The molecule has 0 fully saturated rings. The molecule has 10 aromatic rings. The van der Waals surface area contributed by atoms with Crippen molar-refractivity contribution in [2.75, 3.05) is 4.90 Å². The average molecular weight is 714 g/mol. The molecule has 11 rings (SSSR count). The molecule has 1 aliphatic rings. The monoisotopic (exact) mass is 713 g/mol. The van der Waals surface area contributed by atoms with Crippen LogP contribution in [0.5, 0.6) is 0 Å². The Balaban J connectivity index is 1.20. The van der Waals surface area contributed by atoms with Crippen LogP contribution in [0.1, 0.15) is 25.0 Å². The average Bonchev–Trinajstić information content (AvgIpc) is 3.26. The Kier molecular flexibility index (Phi) is 7.28. The molecule has 0 amide bonds. The van der Waals surface area contributed by atoms with Crippen LogP contribution in [0, 0.1) is 0 Å². The van der Waals surface area contributed by atoms with Crippen molar-refractivity contribution in [1.82, 2.24) is 0 Å². The lowest BCUT2D eigenvalue weighted by Gasteiger charge is -2.38. The van der Waals surface area contributed by atoms with E-state index >= 15 is 0 Å². The minimum atomic E-state index is -0.217. The number of nitrogens with zero attached hydrogens (tertiary/aromatic N) is 1. The van der Waals surface area contributed by atoms with E-state index in [9.17, 15) is 0 Å². The summed E-state index contributed by atoms with van der Waals surface area (Å²) in [6.45, 7) is 4.80. The summed E-state index contributed by atoms with van der Waals surface area (Å²) in [7, 11) is 0. The van der Waals surface area contributed by atoms with E-state index in [1.54, 1.807) is 0 Å². The van der Waals surface area contributed by atoms with Gasteiger partial charge in [0.1, 0.15) is 0 Å². The van der Waals surface area contributed by atoms with E-state index in [4.69, 9.17) is 0 Å². The Morgan fingerprint density at radius 3 is 1.79 bits per heavy atom. The maximum absolute atomic E-state index is 2.52. The molecule has 0 bridgehead atoms. The highest BCUT2D eigenvalue weighted by Gasteiger charge is 2.36. The molecule has 10 aromatic carbocycles. The molecule has 0 saturated heterocycles. The van der Waals surface area contributed by atoms with E-state index in [2.05, 4.69) is 219 Å². The molecule has 0 N–H and O–H groups in total. The van der Waals surface area contributed by atoms with Crippen LogP contribution >= 0.6 is 0 Å². The first-order valence-electron chi connectivity index (χ1n) is 19.6. The number of rotatable bonds is 5. The van der Waals surface area contributed by atoms with Gasteiger partial charge in [-0.25, -0.2) is 0 Å². The van der Waals surface area contributed by atoms with Crippen LogP contribution < -0.4 is 4.90 Å². The van der Waals surface area contributed by atoms with Gasteiger partial charge in [-0.3, -0.25) is 0 Å². The predicted octanol–water partition coefficient (Wildman–Crippen LogP) is 15.4. The van der Waals surface area contributed by atoms with E-state index in [1.807, 2.05) is 0 Å². The second-order valence-corrected chi connectivity index (χ2v) is 15.7. The van der Waals surface area contributed by atoms with Gasteiger partial charge in [-0.05, 0) is 113 Å². The highest BCUT2D eigenvalue weighted by atomic mass is 15.1. The van der Waals surface area contributed by atoms with Gasteiger partial charge in [0.15, 0.2) is 0 Å². The summed E-state index contributed by atoms with van der Waals surface area (Å²) in [5.74, 6) is 0. The van der Waals surface area contributed by atoms with Gasteiger partial charge < -0.3 is 4.90 Å². The third-order valence-electron chi connectivity index (χ3n) is 12.2. The van der Waals surface area contributed by atoms with Crippen LogP contribution in [0.3, 0.4) is 0 Å². The zero-order valence-corrected chi connectivity index (χ0v) is 31.5. The summed E-state index contributed by atoms with van der Waals surface area (Å²) < 4.78 is 0. The summed E-state index contributed by atoms with van der Waals surface area (Å²) in [6, 6.07) is 74.1. The molecular weight excluding hydrogens is 675 g/mol. The van der Waals surface area contributed by atoms with Gasteiger partial charge in [-0.2, -0.15) is 0 Å². The number of fused-ring (bicyclic) bond motifs is 6. The molecule has 0 saturated carbocycles. The highest BCUT2D eigenvalue weighted by molar-refractivity contribution is 6.17. The number of hydrogen-bond acceptors (Lipinski definition) is 1. The molecular formula is C55H39N. The lowest BCUT2D eigenvalue weighted by Crippen LogP contribution is -2.25. The Morgan fingerprint density at radius 1 is 0.357 bits per heavy atom. The second-order valence-electron chi connectivity index (χ2n) is 15.7. The smallest absolute Gasteiger partial charge is 0.0546 e. The van der Waals surface area contributed by atoms with Crippen molar-refractivity contribution in [3.8, 4) is 33.4 Å². The lowest BCUT2D eigenvalue weighted by molar-refractivity contribution is 0.645. The minimum Gasteiger partial charge on any atom is -0.309 e. The summed E-state index contributed by atoms with van der Waals surface area (Å²) in [5, 5.41) is 10.1. The van der Waals surface area contributed by atoms with E-state index in [1.165, 1.54) is 99.0 Å². The van der Waals surface area contributed by atoms with Crippen LogP contribution in [-0.4, -0.2) is 0 Å². The van der Waals surface area contributed by atoms with Gasteiger partial charge in [0.25, 0.3) is 0 Å². The zero-order valence-electron chi connectivity index (χ0n) is 31.5. The van der Waals surface area contributed by atoms with E-state index < -0.39 is 0 Å². The van der Waals surface area contributed by atoms with Crippen molar-refractivity contribution in [3.63, 3.8) is 0 Å². The Labute approximate surface area is 327 Å². The number of anilines is 3. The quantitative estimate of drug-likeness (QED) is 0.161. The number of hydrogen-bond donors (Lipinski definition) is 0. The largest absolute Gasteiger partial charge is 0.309 e. The SMILES string of the molecule is CC1(C)c2cc(-c3ccc4ccccc4c3)ccc2-c2c(N(c3ccc(-c4ccccc4)cc3)c3cc4ccccc4c4ccccc34)ccc3cccc1c23. The fraction of sp³-hybridized carbons (Fsp3) is 0.0545. The van der Waals surface area contributed by atoms with Crippen molar-refractivity contribution < 1.29 is 0 Å². The van der Waals surface area contributed by atoms with Crippen LogP contribution in [0.4, 0.5) is 17.1 Å². The minimum absolute atomic E-state index is 0.217. The molecule has 0 unspecified atom stereocenters. The van der Waals surface area contributed by atoms with Crippen molar-refractivity contribution in [2.24, 2.45) is 0 Å². The van der Waals surface area contributed by atoms with Gasteiger partial charge in [0, 0.05) is 22.1 Å². The van der Waals surface area contributed by atoms with Gasteiger partial charge in [0.2, 0.25) is 0 Å². The molecule has 0 aromatic heterocycles. The Hall–Kier alpha value is -6.96. The molecule has 264 valence electrons. The zero-order chi connectivity index (χ0) is 37.4. The summed E-state index contributed by atoms with van der Waals surface area (Å²) in [6.07, 6.45) is 0. The molecule has 0 radical (unpaired) electrons. The first-order chi connectivity index (χ1) is 27.5. The first-order valence-corrected chi connectivity index (χ1v) is 19.6. The molecule has 0 aliphatic heterocycles. The summed E-state index contributed by atoms with van der Waals surface area (Å²) >= 11 is 0. The van der Waals surface area contributed by atoms with Crippen LogP contribution in [0.15, 0.2) is 200 Å². The van der Waals surface area contributed by atoms with Crippen molar-refractivity contribution in [3.05, 3.63) is 211 Å². The predicted molar refractivity (Wildman–Crippen MR) is 240 cm³/mol. The molecule has 0 spiro atoms. The maximum atomic E-state index is 2.52. The Morgan fingerprint density at radius 2 is 0.964 bits per heavy atom. The van der Waals surface area contributed by atoms with Gasteiger partial charge in [-0.1, -0.05) is 178 Å². The van der Waals surface area contributed by atoms with Crippen LogP contribution in [0.2, 0.25) is 0 Å². The van der Waals surface area contributed by atoms with Gasteiger partial charge in [-0.15, -0.1) is 0 Å². The molecule has 0 atom stereocenters. The van der Waals surface area contributed by atoms with Gasteiger partial charge >= 0.3 is 0 Å².